The van der Waals surface area contributed by atoms with Gasteiger partial charge in [-0.25, -0.2) is 0 Å². The molecule has 0 radical (unpaired) electrons. The van der Waals surface area contributed by atoms with Crippen LogP contribution in [0, 0.1) is 0 Å². The van der Waals surface area contributed by atoms with E-state index in [9.17, 15) is 0 Å². The van der Waals surface area contributed by atoms with Crippen molar-refractivity contribution in [2.24, 2.45) is 0 Å². The molecule has 5 heteroatoms. The Morgan fingerprint density at radius 2 is 1.79 bits per heavy atom. The Morgan fingerprint density at radius 1 is 1.16 bits per heavy atom. The van der Waals surface area contributed by atoms with E-state index in [2.05, 4.69) is 0 Å². The summed E-state index contributed by atoms with van der Waals surface area (Å²) in [5.41, 5.74) is 1.02. The number of hydrogen-bond donors (Lipinski definition) is 1. The average molecular weight is 309 g/mol. The van der Waals surface area contributed by atoms with E-state index in [4.69, 9.17) is 37.8 Å². The summed E-state index contributed by atoms with van der Waals surface area (Å²) >= 11 is 11.8. The second-order valence-electron chi connectivity index (χ2n) is 3.70. The number of halogens is 2. The van der Waals surface area contributed by atoms with Gasteiger partial charge in [0.15, 0.2) is 0 Å². The number of rotatable bonds is 6. The van der Waals surface area contributed by atoms with Crippen molar-refractivity contribution >= 4 is 23.2 Å². The van der Waals surface area contributed by atoms with Crippen LogP contribution in [0.4, 0.5) is 0 Å². The fourth-order valence-electron chi connectivity index (χ4n) is 1.40. The van der Waals surface area contributed by atoms with Crippen LogP contribution in [-0.2, 0) is 11.2 Å². The van der Waals surface area contributed by atoms with Crippen molar-refractivity contribution in [3.8, 4) is 5.75 Å². The van der Waals surface area contributed by atoms with Crippen LogP contribution < -0.4 is 4.74 Å². The lowest BCUT2D eigenvalue weighted by Gasteiger charge is -2.07. The molecule has 0 bridgehead atoms. The molecule has 0 heterocycles. The van der Waals surface area contributed by atoms with Gasteiger partial charge in [0, 0.05) is 19.8 Å². The van der Waals surface area contributed by atoms with Gasteiger partial charge >= 0.3 is 0 Å². The standard InChI is InChI=1S/C10H12Cl2O2.C4H10O/c1-14-9-6-7(3-2-4-13)5-8(11)10(9)12;1-3-5-4-2/h5-6,13H,2-4H2,1H3;3-4H2,1-2H3. The summed E-state index contributed by atoms with van der Waals surface area (Å²) in [7, 11) is 1.55. The van der Waals surface area contributed by atoms with Gasteiger partial charge in [0.2, 0.25) is 0 Å². The highest BCUT2D eigenvalue weighted by atomic mass is 35.5. The molecule has 19 heavy (non-hydrogen) atoms. The number of aliphatic hydroxyl groups is 1. The maximum Gasteiger partial charge on any atom is 0.139 e. The summed E-state index contributed by atoms with van der Waals surface area (Å²) < 4.78 is 9.90. The molecule has 0 aliphatic heterocycles. The van der Waals surface area contributed by atoms with E-state index in [1.165, 1.54) is 0 Å². The molecule has 0 saturated heterocycles. The summed E-state index contributed by atoms with van der Waals surface area (Å²) in [6.45, 7) is 5.84. The molecular weight excluding hydrogens is 287 g/mol. The van der Waals surface area contributed by atoms with Crippen LogP contribution >= 0.6 is 23.2 Å². The Labute approximate surface area is 125 Å². The smallest absolute Gasteiger partial charge is 0.139 e. The molecule has 1 aromatic rings. The maximum atomic E-state index is 8.69. The molecule has 0 aliphatic carbocycles. The molecular formula is C14H22Cl2O3. The van der Waals surface area contributed by atoms with E-state index in [1.54, 1.807) is 13.2 Å². The molecule has 0 saturated carbocycles. The van der Waals surface area contributed by atoms with Gasteiger partial charge in [0.1, 0.15) is 10.8 Å². The highest BCUT2D eigenvalue weighted by molar-refractivity contribution is 6.43. The average Bonchev–Trinajstić information content (AvgIpc) is 2.41. The van der Waals surface area contributed by atoms with Crippen LogP contribution in [0.5, 0.6) is 5.75 Å². The lowest BCUT2D eigenvalue weighted by Crippen LogP contribution is -1.92. The van der Waals surface area contributed by atoms with Crippen LogP contribution in [0.1, 0.15) is 25.8 Å². The number of ether oxygens (including phenoxy) is 2. The van der Waals surface area contributed by atoms with Crippen LogP contribution in [-0.4, -0.2) is 32.0 Å². The lowest BCUT2D eigenvalue weighted by atomic mass is 10.1. The summed E-state index contributed by atoms with van der Waals surface area (Å²) in [5.74, 6) is 0.576. The largest absolute Gasteiger partial charge is 0.495 e. The third kappa shape index (κ3) is 7.63. The van der Waals surface area contributed by atoms with Crippen LogP contribution in [0.2, 0.25) is 10.0 Å². The topological polar surface area (TPSA) is 38.7 Å². The first-order valence-corrected chi connectivity index (χ1v) is 7.06. The summed E-state index contributed by atoms with van der Waals surface area (Å²) in [6.07, 6.45) is 1.48. The fourth-order valence-corrected chi connectivity index (χ4v) is 1.82. The van der Waals surface area contributed by atoms with Gasteiger partial charge in [-0.2, -0.15) is 0 Å². The van der Waals surface area contributed by atoms with E-state index in [0.717, 1.165) is 25.2 Å². The van der Waals surface area contributed by atoms with Crippen molar-refractivity contribution < 1.29 is 14.6 Å². The number of methoxy groups -OCH3 is 1. The monoisotopic (exact) mass is 308 g/mol. The predicted octanol–water partition coefficient (Wildman–Crippen LogP) is 3.97. The molecule has 0 aliphatic rings. The molecule has 0 aromatic heterocycles. The first kappa shape index (κ1) is 18.5. The summed E-state index contributed by atoms with van der Waals surface area (Å²) in [5, 5.41) is 9.61. The number of aliphatic hydroxyl groups excluding tert-OH is 1. The van der Waals surface area contributed by atoms with Gasteiger partial charge in [-0.15, -0.1) is 0 Å². The van der Waals surface area contributed by atoms with Crippen molar-refractivity contribution in [3.63, 3.8) is 0 Å². The lowest BCUT2D eigenvalue weighted by molar-refractivity contribution is 0.162. The Kier molecular flexibility index (Phi) is 11.1. The zero-order chi connectivity index (χ0) is 14.7. The van der Waals surface area contributed by atoms with Crippen LogP contribution in [0.15, 0.2) is 12.1 Å². The minimum absolute atomic E-state index is 0.169. The number of benzene rings is 1. The van der Waals surface area contributed by atoms with Gasteiger partial charge < -0.3 is 14.6 Å². The second kappa shape index (κ2) is 11.4. The highest BCUT2D eigenvalue weighted by Gasteiger charge is 2.07. The minimum atomic E-state index is 0.169. The SMILES string of the molecule is CCOCC.COc1cc(CCCO)cc(Cl)c1Cl. The van der Waals surface area contributed by atoms with Crippen molar-refractivity contribution in [1.29, 1.82) is 0 Å². The van der Waals surface area contributed by atoms with Gasteiger partial charge in [0.25, 0.3) is 0 Å². The first-order valence-electron chi connectivity index (χ1n) is 6.31. The van der Waals surface area contributed by atoms with Crippen molar-refractivity contribution in [2.45, 2.75) is 26.7 Å². The van der Waals surface area contributed by atoms with Gasteiger partial charge in [-0.05, 0) is 44.4 Å². The van der Waals surface area contributed by atoms with Gasteiger partial charge in [-0.1, -0.05) is 23.2 Å². The zero-order valence-electron chi connectivity index (χ0n) is 11.7. The first-order chi connectivity index (χ1) is 9.10. The van der Waals surface area contributed by atoms with E-state index in [-0.39, 0.29) is 6.61 Å². The molecule has 0 spiro atoms. The Hall–Kier alpha value is -0.480. The fraction of sp³-hybridized carbons (Fsp3) is 0.571. The van der Waals surface area contributed by atoms with E-state index >= 15 is 0 Å². The molecule has 110 valence electrons. The maximum absolute atomic E-state index is 8.69. The van der Waals surface area contributed by atoms with Gasteiger partial charge in [-0.3, -0.25) is 0 Å². The quantitative estimate of drug-likeness (QED) is 0.864. The van der Waals surface area contributed by atoms with E-state index < -0.39 is 0 Å². The molecule has 0 unspecified atom stereocenters. The van der Waals surface area contributed by atoms with Crippen molar-refractivity contribution in [1.82, 2.24) is 0 Å². The third-order valence-electron chi connectivity index (χ3n) is 2.31. The third-order valence-corrected chi connectivity index (χ3v) is 3.09. The molecule has 1 rings (SSSR count). The highest BCUT2D eigenvalue weighted by Crippen LogP contribution is 2.33. The summed E-state index contributed by atoms with van der Waals surface area (Å²) in [4.78, 5) is 0. The van der Waals surface area contributed by atoms with Gasteiger partial charge in [0.05, 0.1) is 12.1 Å². The predicted molar refractivity (Wildman–Crippen MR) is 80.6 cm³/mol. The molecule has 1 aromatic carbocycles. The minimum Gasteiger partial charge on any atom is -0.495 e. The van der Waals surface area contributed by atoms with Crippen LogP contribution in [0.3, 0.4) is 0 Å². The molecule has 1 N–H and O–H groups in total. The number of hydrogen-bond acceptors (Lipinski definition) is 3. The molecule has 0 atom stereocenters. The zero-order valence-corrected chi connectivity index (χ0v) is 13.2. The number of aryl methyl sites for hydroxylation is 1. The van der Waals surface area contributed by atoms with Crippen molar-refractivity contribution in [3.05, 3.63) is 27.7 Å². The second-order valence-corrected chi connectivity index (χ2v) is 4.49. The summed E-state index contributed by atoms with van der Waals surface area (Å²) in [6, 6.07) is 3.63. The molecule has 0 amide bonds. The van der Waals surface area contributed by atoms with E-state index in [1.807, 2.05) is 19.9 Å². The molecule has 0 fully saturated rings. The Balaban J connectivity index is 0.000000555. The Bertz CT molecular complexity index is 355. The van der Waals surface area contributed by atoms with Crippen molar-refractivity contribution in [2.75, 3.05) is 26.9 Å². The molecule has 3 nitrogen and oxygen atoms in total. The van der Waals surface area contributed by atoms with E-state index in [0.29, 0.717) is 22.2 Å². The normalized spacial score (nSPS) is 9.79. The Morgan fingerprint density at radius 3 is 2.21 bits per heavy atom. The van der Waals surface area contributed by atoms with Crippen LogP contribution in [0.25, 0.3) is 0 Å².